The Balaban J connectivity index is 1.61. The van der Waals surface area contributed by atoms with E-state index in [-0.39, 0.29) is 11.8 Å². The van der Waals surface area contributed by atoms with Crippen LogP contribution in [0.2, 0.25) is 0 Å². The standard InChI is InChI=1S/C21H29N3O2/c1-4-10-22-12-14-23(15-13-22)20(25)19-9-11-24(21(19)26)18-7-5-17(6-8-18)16(2)3/h4-8,16,19H,1,9-15H2,2-3H3/t19-/m1/s1. The summed E-state index contributed by atoms with van der Waals surface area (Å²) in [4.78, 5) is 31.6. The van der Waals surface area contributed by atoms with E-state index in [1.165, 1.54) is 5.56 Å². The molecule has 26 heavy (non-hydrogen) atoms. The molecule has 2 fully saturated rings. The molecule has 2 heterocycles. The molecular weight excluding hydrogens is 326 g/mol. The molecule has 1 atom stereocenters. The highest BCUT2D eigenvalue weighted by molar-refractivity contribution is 6.09. The van der Waals surface area contributed by atoms with Gasteiger partial charge in [-0.3, -0.25) is 14.5 Å². The monoisotopic (exact) mass is 355 g/mol. The lowest BCUT2D eigenvalue weighted by molar-refractivity contribution is -0.141. The van der Waals surface area contributed by atoms with Gasteiger partial charge in [-0.1, -0.05) is 32.1 Å². The van der Waals surface area contributed by atoms with E-state index in [2.05, 4.69) is 37.5 Å². The van der Waals surface area contributed by atoms with Crippen LogP contribution >= 0.6 is 0 Å². The van der Waals surface area contributed by atoms with Crippen molar-refractivity contribution in [1.82, 2.24) is 9.80 Å². The van der Waals surface area contributed by atoms with Gasteiger partial charge in [0.1, 0.15) is 5.92 Å². The highest BCUT2D eigenvalue weighted by Gasteiger charge is 2.40. The molecule has 0 N–H and O–H groups in total. The maximum absolute atomic E-state index is 12.8. The Labute approximate surface area is 156 Å². The number of carbonyl (C=O) groups is 2. The topological polar surface area (TPSA) is 43.9 Å². The number of anilines is 1. The number of benzene rings is 1. The van der Waals surface area contributed by atoms with Gasteiger partial charge >= 0.3 is 0 Å². The molecule has 5 heteroatoms. The largest absolute Gasteiger partial charge is 0.339 e. The quantitative estimate of drug-likeness (QED) is 0.602. The molecule has 0 aliphatic carbocycles. The molecule has 2 aliphatic heterocycles. The summed E-state index contributed by atoms with van der Waals surface area (Å²) in [6, 6.07) is 8.13. The number of amides is 2. The molecule has 0 radical (unpaired) electrons. The third-order valence-corrected chi connectivity index (χ3v) is 5.45. The smallest absolute Gasteiger partial charge is 0.239 e. The second kappa shape index (κ2) is 8.04. The van der Waals surface area contributed by atoms with E-state index in [0.29, 0.717) is 32.0 Å². The molecule has 0 unspecified atom stereocenters. The molecule has 3 rings (SSSR count). The fourth-order valence-electron chi connectivity index (χ4n) is 3.76. The molecule has 5 nitrogen and oxygen atoms in total. The highest BCUT2D eigenvalue weighted by Crippen LogP contribution is 2.28. The van der Waals surface area contributed by atoms with E-state index < -0.39 is 5.92 Å². The molecule has 2 amide bonds. The minimum absolute atomic E-state index is 0.00504. The number of rotatable bonds is 5. The lowest BCUT2D eigenvalue weighted by atomic mass is 10.0. The van der Waals surface area contributed by atoms with Crippen LogP contribution in [0.5, 0.6) is 0 Å². The van der Waals surface area contributed by atoms with Crippen LogP contribution in [0.3, 0.4) is 0 Å². The summed E-state index contributed by atoms with van der Waals surface area (Å²) < 4.78 is 0. The van der Waals surface area contributed by atoms with E-state index in [4.69, 9.17) is 0 Å². The molecule has 0 spiro atoms. The maximum atomic E-state index is 12.8. The second-order valence-electron chi connectivity index (χ2n) is 7.49. The number of nitrogens with zero attached hydrogens (tertiary/aromatic N) is 3. The molecule has 0 bridgehead atoms. The number of piperazine rings is 1. The van der Waals surface area contributed by atoms with Gasteiger partial charge in [-0.2, -0.15) is 0 Å². The van der Waals surface area contributed by atoms with Crippen molar-refractivity contribution in [3.63, 3.8) is 0 Å². The van der Waals surface area contributed by atoms with Crippen LogP contribution in [0, 0.1) is 5.92 Å². The number of carbonyl (C=O) groups excluding carboxylic acids is 2. The van der Waals surface area contributed by atoms with Crippen molar-refractivity contribution in [3.05, 3.63) is 42.5 Å². The molecular formula is C21H29N3O2. The average Bonchev–Trinajstić information content (AvgIpc) is 3.03. The Morgan fingerprint density at radius 2 is 1.81 bits per heavy atom. The number of hydrogen-bond acceptors (Lipinski definition) is 3. The van der Waals surface area contributed by atoms with Crippen molar-refractivity contribution >= 4 is 17.5 Å². The third kappa shape index (κ3) is 3.83. The summed E-state index contributed by atoms with van der Waals surface area (Å²) in [6.45, 7) is 12.6. The lowest BCUT2D eigenvalue weighted by Gasteiger charge is -2.35. The predicted octanol–water partition coefficient (Wildman–Crippen LogP) is 2.49. The highest BCUT2D eigenvalue weighted by atomic mass is 16.2. The van der Waals surface area contributed by atoms with Crippen LogP contribution in [0.25, 0.3) is 0 Å². The van der Waals surface area contributed by atoms with Crippen LogP contribution in [-0.2, 0) is 9.59 Å². The Kier molecular flexibility index (Phi) is 5.77. The van der Waals surface area contributed by atoms with Gasteiger partial charge < -0.3 is 9.80 Å². The summed E-state index contributed by atoms with van der Waals surface area (Å²) in [5.74, 6) is -0.117. The summed E-state index contributed by atoms with van der Waals surface area (Å²) in [6.07, 6.45) is 2.50. The van der Waals surface area contributed by atoms with E-state index in [9.17, 15) is 9.59 Å². The van der Waals surface area contributed by atoms with Gasteiger partial charge in [0.15, 0.2) is 0 Å². The molecule has 0 aromatic heterocycles. The first-order chi connectivity index (χ1) is 12.5. The van der Waals surface area contributed by atoms with Crippen molar-refractivity contribution in [2.75, 3.05) is 44.2 Å². The molecule has 0 saturated carbocycles. The zero-order valence-electron chi connectivity index (χ0n) is 15.9. The Morgan fingerprint density at radius 3 is 2.38 bits per heavy atom. The van der Waals surface area contributed by atoms with Crippen LogP contribution < -0.4 is 4.90 Å². The predicted molar refractivity (Wildman–Crippen MR) is 104 cm³/mol. The van der Waals surface area contributed by atoms with E-state index in [1.807, 2.05) is 23.1 Å². The van der Waals surface area contributed by atoms with Crippen LogP contribution in [0.1, 0.15) is 31.7 Å². The molecule has 140 valence electrons. The summed E-state index contributed by atoms with van der Waals surface area (Å²) >= 11 is 0. The van der Waals surface area contributed by atoms with E-state index in [1.54, 1.807) is 4.90 Å². The van der Waals surface area contributed by atoms with Crippen molar-refractivity contribution < 1.29 is 9.59 Å². The molecule has 1 aromatic carbocycles. The Hall–Kier alpha value is -2.14. The first kappa shape index (κ1) is 18.6. The maximum Gasteiger partial charge on any atom is 0.239 e. The molecule has 2 saturated heterocycles. The first-order valence-electron chi connectivity index (χ1n) is 9.54. The molecule has 2 aliphatic rings. The van der Waals surface area contributed by atoms with Gasteiger partial charge in [0.05, 0.1) is 0 Å². The Morgan fingerprint density at radius 1 is 1.15 bits per heavy atom. The van der Waals surface area contributed by atoms with Gasteiger partial charge in [0, 0.05) is 45.0 Å². The summed E-state index contributed by atoms with van der Waals surface area (Å²) in [5, 5.41) is 0. The zero-order chi connectivity index (χ0) is 18.7. The van der Waals surface area contributed by atoms with Crippen LogP contribution in [-0.4, -0.2) is 60.9 Å². The zero-order valence-corrected chi connectivity index (χ0v) is 15.9. The second-order valence-corrected chi connectivity index (χ2v) is 7.49. The lowest BCUT2D eigenvalue weighted by Crippen LogP contribution is -2.51. The number of hydrogen-bond donors (Lipinski definition) is 0. The minimum Gasteiger partial charge on any atom is -0.339 e. The summed E-state index contributed by atoms with van der Waals surface area (Å²) in [7, 11) is 0. The van der Waals surface area contributed by atoms with Crippen molar-refractivity contribution in [1.29, 1.82) is 0 Å². The summed E-state index contributed by atoms with van der Waals surface area (Å²) in [5.41, 5.74) is 2.15. The normalized spacial score (nSPS) is 21.5. The van der Waals surface area contributed by atoms with Crippen molar-refractivity contribution in [2.24, 2.45) is 5.92 Å². The van der Waals surface area contributed by atoms with E-state index >= 15 is 0 Å². The Bertz CT molecular complexity index is 660. The van der Waals surface area contributed by atoms with Gasteiger partial charge in [0.25, 0.3) is 0 Å². The van der Waals surface area contributed by atoms with Gasteiger partial charge in [-0.15, -0.1) is 6.58 Å². The van der Waals surface area contributed by atoms with Gasteiger partial charge in [-0.25, -0.2) is 0 Å². The average molecular weight is 355 g/mol. The third-order valence-electron chi connectivity index (χ3n) is 5.45. The first-order valence-corrected chi connectivity index (χ1v) is 9.54. The van der Waals surface area contributed by atoms with Crippen LogP contribution in [0.4, 0.5) is 5.69 Å². The van der Waals surface area contributed by atoms with Crippen molar-refractivity contribution in [3.8, 4) is 0 Å². The van der Waals surface area contributed by atoms with Crippen LogP contribution in [0.15, 0.2) is 36.9 Å². The molecule has 1 aromatic rings. The minimum atomic E-state index is -0.522. The van der Waals surface area contributed by atoms with Gasteiger partial charge in [-0.05, 0) is 30.0 Å². The SMILES string of the molecule is C=CCN1CCN(C(=O)[C@H]2CCN(c3ccc(C(C)C)cc3)C2=O)CC1. The van der Waals surface area contributed by atoms with E-state index in [0.717, 1.165) is 25.3 Å². The van der Waals surface area contributed by atoms with Gasteiger partial charge in [0.2, 0.25) is 11.8 Å². The fourth-order valence-corrected chi connectivity index (χ4v) is 3.76. The fraction of sp³-hybridized carbons (Fsp3) is 0.524. The van der Waals surface area contributed by atoms with Crippen molar-refractivity contribution in [2.45, 2.75) is 26.2 Å².